The first-order valence-corrected chi connectivity index (χ1v) is 9.94. The van der Waals surface area contributed by atoms with Crippen LogP contribution in [0.25, 0.3) is 0 Å². The van der Waals surface area contributed by atoms with Crippen molar-refractivity contribution in [2.45, 2.75) is 57.7 Å². The minimum atomic E-state index is -2.78. The lowest BCUT2D eigenvalue weighted by Crippen LogP contribution is -2.28. The van der Waals surface area contributed by atoms with E-state index in [4.69, 9.17) is 0 Å². The maximum Gasteiger partial charge on any atom is 0.150 e. The Balaban J connectivity index is 2.40. The third kappa shape index (κ3) is 5.20. The zero-order valence-electron chi connectivity index (χ0n) is 11.9. The molecule has 3 unspecified atom stereocenters. The van der Waals surface area contributed by atoms with E-state index in [1.807, 2.05) is 0 Å². The molecule has 0 spiro atoms. The van der Waals surface area contributed by atoms with E-state index >= 15 is 0 Å². The Hall–Kier alpha value is 0.430. The molecule has 1 saturated carbocycles. The van der Waals surface area contributed by atoms with Gasteiger partial charge in [0.05, 0.1) is 5.75 Å². The lowest BCUT2D eigenvalue weighted by Gasteiger charge is -2.35. The van der Waals surface area contributed by atoms with Gasteiger partial charge in [0.15, 0.2) is 0 Å². The van der Waals surface area contributed by atoms with Gasteiger partial charge in [-0.05, 0) is 49.9 Å². The molecule has 0 saturated heterocycles. The van der Waals surface area contributed by atoms with Crippen LogP contribution in [0.3, 0.4) is 0 Å². The molecule has 0 bridgehead atoms. The lowest BCUT2D eigenvalue weighted by molar-refractivity contribution is 0.215. The quantitative estimate of drug-likeness (QED) is 0.685. The minimum absolute atomic E-state index is 0.282. The fraction of sp³-hybridized carbons (Fsp3) is 1.00. The average Bonchev–Trinajstić information content (AvgIpc) is 2.31. The summed E-state index contributed by atoms with van der Waals surface area (Å²) in [5, 5.41) is 0. The highest BCUT2D eigenvalue weighted by molar-refractivity contribution is 9.09. The molecule has 2 nitrogen and oxygen atoms in total. The number of hydrogen-bond donors (Lipinski definition) is 0. The fourth-order valence-corrected chi connectivity index (χ4v) is 4.52. The molecular weight excluding hydrogens is 312 g/mol. The zero-order valence-corrected chi connectivity index (χ0v) is 14.3. The molecule has 1 rings (SSSR count). The average molecular weight is 339 g/mol. The first kappa shape index (κ1) is 16.5. The first-order valence-electron chi connectivity index (χ1n) is 7.20. The largest absolute Gasteiger partial charge is 0.229 e. The summed E-state index contributed by atoms with van der Waals surface area (Å²) in [6, 6.07) is 0. The van der Waals surface area contributed by atoms with Crippen molar-refractivity contribution in [3.63, 3.8) is 0 Å². The summed E-state index contributed by atoms with van der Waals surface area (Å²) in [7, 11) is -2.78. The molecule has 4 heteroatoms. The van der Waals surface area contributed by atoms with Crippen LogP contribution in [0.15, 0.2) is 0 Å². The van der Waals surface area contributed by atoms with Crippen LogP contribution in [0.1, 0.15) is 52.9 Å². The molecule has 0 aliphatic heterocycles. The van der Waals surface area contributed by atoms with Crippen molar-refractivity contribution in [3.05, 3.63) is 0 Å². The Morgan fingerprint density at radius 3 is 2.50 bits per heavy atom. The molecule has 1 aliphatic carbocycles. The van der Waals surface area contributed by atoms with Crippen LogP contribution in [0.5, 0.6) is 0 Å². The zero-order chi connectivity index (χ0) is 13.8. The monoisotopic (exact) mass is 338 g/mol. The molecule has 0 radical (unpaired) electrons. The van der Waals surface area contributed by atoms with Crippen LogP contribution >= 0.6 is 15.9 Å². The Morgan fingerprint density at radius 2 is 1.94 bits per heavy atom. The molecular formula is C14H27BrO2S. The summed E-state index contributed by atoms with van der Waals surface area (Å²) in [6.07, 6.45) is 5.71. The Labute approximate surface area is 121 Å². The van der Waals surface area contributed by atoms with Gasteiger partial charge < -0.3 is 0 Å². The number of alkyl halides is 1. The second-order valence-electron chi connectivity index (χ2n) is 5.97. The maximum atomic E-state index is 11.5. The van der Waals surface area contributed by atoms with Gasteiger partial charge in [-0.1, -0.05) is 36.7 Å². The second-order valence-corrected chi connectivity index (χ2v) is 9.62. The molecule has 0 aromatic carbocycles. The first-order chi connectivity index (χ1) is 8.35. The van der Waals surface area contributed by atoms with E-state index in [-0.39, 0.29) is 5.75 Å². The normalized spacial score (nSPS) is 29.7. The van der Waals surface area contributed by atoms with E-state index in [1.165, 1.54) is 19.3 Å². The van der Waals surface area contributed by atoms with Crippen molar-refractivity contribution in [1.29, 1.82) is 0 Å². The fourth-order valence-electron chi connectivity index (χ4n) is 2.88. The molecule has 0 aromatic heterocycles. The summed E-state index contributed by atoms with van der Waals surface area (Å²) in [5.41, 5.74) is 0. The van der Waals surface area contributed by atoms with Crippen molar-refractivity contribution in [2.75, 3.05) is 11.5 Å². The van der Waals surface area contributed by atoms with E-state index in [0.29, 0.717) is 16.5 Å². The molecule has 1 fully saturated rings. The van der Waals surface area contributed by atoms with Crippen LogP contribution in [0.4, 0.5) is 0 Å². The third-order valence-corrected chi connectivity index (χ3v) is 7.34. The Kier molecular flexibility index (Phi) is 6.66. The van der Waals surface area contributed by atoms with E-state index in [9.17, 15) is 8.42 Å². The third-order valence-electron chi connectivity index (χ3n) is 4.34. The van der Waals surface area contributed by atoms with E-state index in [1.54, 1.807) is 6.92 Å². The molecule has 0 N–H and O–H groups in total. The van der Waals surface area contributed by atoms with Gasteiger partial charge in [-0.25, -0.2) is 8.42 Å². The van der Waals surface area contributed by atoms with E-state index in [0.717, 1.165) is 24.7 Å². The van der Waals surface area contributed by atoms with Crippen LogP contribution < -0.4 is 0 Å². The molecule has 0 amide bonds. The van der Waals surface area contributed by atoms with Gasteiger partial charge in [0.25, 0.3) is 0 Å². The van der Waals surface area contributed by atoms with Crippen LogP contribution in [0, 0.1) is 17.8 Å². The summed E-state index contributed by atoms with van der Waals surface area (Å²) >= 11 is 3.78. The Bertz CT molecular complexity index is 338. The van der Waals surface area contributed by atoms with Gasteiger partial charge in [-0.2, -0.15) is 0 Å². The summed E-state index contributed by atoms with van der Waals surface area (Å²) in [4.78, 5) is 0.594. The number of sulfone groups is 1. The van der Waals surface area contributed by atoms with Crippen LogP contribution in [0.2, 0.25) is 0 Å². The van der Waals surface area contributed by atoms with Gasteiger partial charge in [0, 0.05) is 10.6 Å². The van der Waals surface area contributed by atoms with Crippen LogP contribution in [-0.2, 0) is 9.84 Å². The molecule has 3 atom stereocenters. The summed E-state index contributed by atoms with van der Waals surface area (Å²) in [6.45, 7) is 6.34. The number of hydrogen-bond acceptors (Lipinski definition) is 2. The van der Waals surface area contributed by atoms with E-state index in [2.05, 4.69) is 29.8 Å². The second kappa shape index (κ2) is 7.28. The van der Waals surface area contributed by atoms with Gasteiger partial charge >= 0.3 is 0 Å². The topological polar surface area (TPSA) is 34.1 Å². The molecule has 1 aliphatic rings. The highest BCUT2D eigenvalue weighted by atomic mass is 79.9. The van der Waals surface area contributed by atoms with Crippen LogP contribution in [-0.4, -0.2) is 24.8 Å². The van der Waals surface area contributed by atoms with Gasteiger partial charge in [0.2, 0.25) is 0 Å². The Morgan fingerprint density at radius 1 is 1.28 bits per heavy atom. The van der Waals surface area contributed by atoms with Crippen molar-refractivity contribution in [2.24, 2.45) is 17.8 Å². The smallest absolute Gasteiger partial charge is 0.150 e. The van der Waals surface area contributed by atoms with E-state index < -0.39 is 9.84 Å². The number of halogens is 1. The summed E-state index contributed by atoms with van der Waals surface area (Å²) < 4.78 is 23.0. The van der Waals surface area contributed by atoms with Crippen molar-refractivity contribution >= 4 is 25.8 Å². The molecule has 18 heavy (non-hydrogen) atoms. The molecule has 0 heterocycles. The minimum Gasteiger partial charge on any atom is -0.229 e. The predicted molar refractivity (Wildman–Crippen MR) is 81.9 cm³/mol. The van der Waals surface area contributed by atoms with Crippen molar-refractivity contribution < 1.29 is 8.42 Å². The predicted octanol–water partition coefficient (Wildman–Crippen LogP) is 4.04. The maximum absolute atomic E-state index is 11.5. The molecule has 108 valence electrons. The summed E-state index contributed by atoms with van der Waals surface area (Å²) in [5.74, 6) is 2.90. The lowest BCUT2D eigenvalue weighted by atomic mass is 9.75. The SMILES string of the molecule is CCS(=O)(=O)CCCC1CC(C(C)C)CCC1Br. The van der Waals surface area contributed by atoms with Crippen molar-refractivity contribution in [3.8, 4) is 0 Å². The van der Waals surface area contributed by atoms with Gasteiger partial charge in [-0.15, -0.1) is 0 Å². The van der Waals surface area contributed by atoms with Crippen molar-refractivity contribution in [1.82, 2.24) is 0 Å². The number of rotatable bonds is 6. The highest BCUT2D eigenvalue weighted by Gasteiger charge is 2.30. The van der Waals surface area contributed by atoms with Gasteiger partial charge in [0.1, 0.15) is 9.84 Å². The standard InChI is InChI=1S/C14H27BrO2S/c1-4-18(16,17)9-5-6-13-10-12(11(2)3)7-8-14(13)15/h11-14H,4-10H2,1-3H3. The highest BCUT2D eigenvalue weighted by Crippen LogP contribution is 2.39. The molecule has 0 aromatic rings. The van der Waals surface area contributed by atoms with Gasteiger partial charge in [-0.3, -0.25) is 0 Å².